The van der Waals surface area contributed by atoms with E-state index < -0.39 is 53.4 Å². The summed E-state index contributed by atoms with van der Waals surface area (Å²) in [5, 5.41) is 0. The van der Waals surface area contributed by atoms with Crippen LogP contribution in [0.3, 0.4) is 0 Å². The lowest BCUT2D eigenvalue weighted by Crippen LogP contribution is -2.54. The summed E-state index contributed by atoms with van der Waals surface area (Å²) in [5.74, 6) is -2.11. The Labute approximate surface area is 247 Å². The first-order valence-electron chi connectivity index (χ1n) is 12.1. The molecule has 2 aromatic carbocycles. The number of halogens is 9. The van der Waals surface area contributed by atoms with E-state index in [0.717, 1.165) is 6.07 Å². The van der Waals surface area contributed by atoms with E-state index in [9.17, 15) is 30.7 Å². The predicted molar refractivity (Wildman–Crippen MR) is 146 cm³/mol. The summed E-state index contributed by atoms with van der Waals surface area (Å²) in [4.78, 5) is 8.02. The minimum atomic E-state index is -4.69. The van der Waals surface area contributed by atoms with Gasteiger partial charge in [-0.15, -0.1) is 0 Å². The van der Waals surface area contributed by atoms with Crippen molar-refractivity contribution in [2.24, 2.45) is 21.5 Å². The fourth-order valence-electron chi connectivity index (χ4n) is 4.74. The highest BCUT2D eigenvalue weighted by Crippen LogP contribution is 2.46. The summed E-state index contributed by atoms with van der Waals surface area (Å²) >= 11 is 6.33. The Morgan fingerprint density at radius 1 is 0.902 bits per heavy atom. The molecule has 0 aromatic heterocycles. The molecule has 224 valence electrons. The summed E-state index contributed by atoms with van der Waals surface area (Å²) < 4.78 is 105. The zero-order valence-corrected chi connectivity index (χ0v) is 24.8. The summed E-state index contributed by atoms with van der Waals surface area (Å²) in [6.45, 7) is 2.45. The van der Waals surface area contributed by atoms with Crippen LogP contribution < -0.4 is 11.5 Å². The maximum atomic E-state index is 14.1. The third-order valence-electron chi connectivity index (χ3n) is 6.54. The Kier molecular flexibility index (Phi) is 10.2. The van der Waals surface area contributed by atoms with Crippen molar-refractivity contribution in [3.63, 3.8) is 0 Å². The van der Waals surface area contributed by atoms with Gasteiger partial charge in [0, 0.05) is 20.1 Å². The average molecular weight is 718 g/mol. The Balaban J connectivity index is 0.000000226. The minimum absolute atomic E-state index is 0.000162. The third kappa shape index (κ3) is 6.72. The van der Waals surface area contributed by atoms with Crippen LogP contribution in [0.1, 0.15) is 37.8 Å². The minimum Gasteiger partial charge on any atom is -0.482 e. The molecule has 2 aliphatic rings. The molecule has 1 unspecified atom stereocenters. The molecule has 0 amide bonds. The van der Waals surface area contributed by atoms with Crippen LogP contribution in [0.5, 0.6) is 0 Å². The Hall–Kier alpha value is -2.65. The second-order valence-corrected chi connectivity index (χ2v) is 10.9. The molecule has 2 aliphatic heterocycles. The number of amidine groups is 2. The molecule has 0 fully saturated rings. The monoisotopic (exact) mass is 716 g/mol. The van der Waals surface area contributed by atoms with E-state index in [1.54, 1.807) is 6.92 Å². The molecule has 0 radical (unpaired) electrons. The first-order valence-corrected chi connectivity index (χ1v) is 13.7. The van der Waals surface area contributed by atoms with Gasteiger partial charge in [-0.1, -0.05) is 45.7 Å². The van der Waals surface area contributed by atoms with E-state index >= 15 is 0 Å². The quantitative estimate of drug-likeness (QED) is 0.327. The van der Waals surface area contributed by atoms with Gasteiger partial charge in [0.25, 0.3) is 0 Å². The van der Waals surface area contributed by atoms with Crippen molar-refractivity contribution >= 4 is 43.5 Å². The van der Waals surface area contributed by atoms with Gasteiger partial charge in [-0.3, -0.25) is 4.99 Å². The van der Waals surface area contributed by atoms with Crippen LogP contribution in [0.15, 0.2) is 67.2 Å². The SMILES string of the molecule is CCC1(c2cc(Br)ccc2F)N=C(N)COC1=C(F)F.CC[C@]1(c2cc(Br)ccc2F)N=C(N)CO[C@H]1C(F)(F)F. The highest BCUT2D eigenvalue weighted by Gasteiger charge is 2.57. The highest BCUT2D eigenvalue weighted by molar-refractivity contribution is 9.10. The molecule has 0 bridgehead atoms. The molecule has 3 atom stereocenters. The maximum absolute atomic E-state index is 14.1. The van der Waals surface area contributed by atoms with Crippen LogP contribution in [-0.4, -0.2) is 37.2 Å². The van der Waals surface area contributed by atoms with Crippen molar-refractivity contribution in [2.45, 2.75) is 50.0 Å². The Morgan fingerprint density at radius 2 is 1.44 bits per heavy atom. The van der Waals surface area contributed by atoms with Crippen molar-refractivity contribution in [1.29, 1.82) is 0 Å². The molecule has 15 heteroatoms. The van der Waals surface area contributed by atoms with Crippen LogP contribution >= 0.6 is 31.9 Å². The smallest absolute Gasteiger partial charge is 0.417 e. The van der Waals surface area contributed by atoms with E-state index in [-0.39, 0.29) is 42.2 Å². The van der Waals surface area contributed by atoms with Crippen LogP contribution in [-0.2, 0) is 20.6 Å². The molecule has 0 spiro atoms. The fourth-order valence-corrected chi connectivity index (χ4v) is 5.46. The van der Waals surface area contributed by atoms with E-state index in [1.807, 2.05) is 0 Å². The molecule has 0 aliphatic carbocycles. The predicted octanol–water partition coefficient (Wildman–Crippen LogP) is 7.20. The zero-order chi connectivity index (χ0) is 30.8. The molecule has 4 N–H and O–H groups in total. The van der Waals surface area contributed by atoms with Crippen LogP contribution in [0.25, 0.3) is 0 Å². The molecule has 4 rings (SSSR count). The summed E-state index contributed by atoms with van der Waals surface area (Å²) in [6, 6.07) is 7.85. The van der Waals surface area contributed by atoms with Gasteiger partial charge in [-0.25, -0.2) is 13.8 Å². The Morgan fingerprint density at radius 3 is 1.95 bits per heavy atom. The molecule has 0 saturated carbocycles. The molecule has 0 saturated heterocycles. The fraction of sp³-hybridized carbons (Fsp3) is 0.385. The number of hydrogen-bond acceptors (Lipinski definition) is 6. The summed E-state index contributed by atoms with van der Waals surface area (Å²) in [7, 11) is 0. The van der Waals surface area contributed by atoms with Crippen LogP contribution in [0.4, 0.5) is 30.7 Å². The number of nitrogens with zero attached hydrogens (tertiary/aromatic N) is 2. The first kappa shape index (κ1) is 32.9. The second-order valence-electron chi connectivity index (χ2n) is 9.06. The van der Waals surface area contributed by atoms with Gasteiger partial charge in [-0.05, 0) is 49.2 Å². The van der Waals surface area contributed by atoms with Crippen LogP contribution in [0, 0.1) is 11.6 Å². The maximum Gasteiger partial charge on any atom is 0.417 e. The first-order chi connectivity index (χ1) is 19.1. The number of alkyl halides is 3. The number of hydrogen-bond donors (Lipinski definition) is 2. The lowest BCUT2D eigenvalue weighted by Gasteiger charge is -2.41. The largest absolute Gasteiger partial charge is 0.482 e. The molecular weight excluding hydrogens is 693 g/mol. The molecular formula is C26H25Br2F7N4O2. The van der Waals surface area contributed by atoms with Gasteiger partial charge < -0.3 is 20.9 Å². The lowest BCUT2D eigenvalue weighted by atomic mass is 9.81. The van der Waals surface area contributed by atoms with Gasteiger partial charge in [0.1, 0.15) is 42.1 Å². The van der Waals surface area contributed by atoms with Gasteiger partial charge in [0.2, 0.25) is 0 Å². The third-order valence-corrected chi connectivity index (χ3v) is 7.52. The number of benzene rings is 2. The highest BCUT2D eigenvalue weighted by atomic mass is 79.9. The lowest BCUT2D eigenvalue weighted by molar-refractivity contribution is -0.241. The van der Waals surface area contributed by atoms with Crippen molar-refractivity contribution < 1.29 is 40.2 Å². The van der Waals surface area contributed by atoms with Crippen LogP contribution in [0.2, 0.25) is 0 Å². The summed E-state index contributed by atoms with van der Waals surface area (Å²) in [5.41, 5.74) is 7.39. The molecule has 2 aromatic rings. The number of nitrogens with two attached hydrogens (primary N) is 2. The average Bonchev–Trinajstić information content (AvgIpc) is 2.90. The van der Waals surface area contributed by atoms with Gasteiger partial charge in [-0.2, -0.15) is 22.0 Å². The van der Waals surface area contributed by atoms with Crippen molar-refractivity contribution in [3.05, 3.63) is 79.9 Å². The zero-order valence-electron chi connectivity index (χ0n) is 21.6. The normalized spacial score (nSPS) is 24.5. The number of ether oxygens (including phenoxy) is 2. The topological polar surface area (TPSA) is 95.2 Å². The molecule has 41 heavy (non-hydrogen) atoms. The standard InChI is InChI=1S/C13H13BrF4N2O.C13H12BrF3N2O/c1-2-12(8-5-7(14)3-4-9(8)15)11(13(16,17)18)21-6-10(19)20-12;1-2-13(8-5-7(14)3-4-9(8)15)11(12(16)17)20-6-10(18)19-13/h3-5,11H,2,6H2,1H3,(H2,19,20);3-5H,2,6H2,1H3,(H2,18,19)/t11-,12-;/m1./s1. The summed E-state index contributed by atoms with van der Waals surface area (Å²) in [6.07, 6.45) is -8.97. The van der Waals surface area contributed by atoms with Gasteiger partial charge in [0.15, 0.2) is 17.4 Å². The van der Waals surface area contributed by atoms with E-state index in [0.29, 0.717) is 8.95 Å². The second kappa shape index (κ2) is 12.7. The van der Waals surface area contributed by atoms with E-state index in [4.69, 9.17) is 20.9 Å². The Bertz CT molecular complexity index is 1380. The molecule has 2 heterocycles. The number of rotatable bonds is 4. The molecule has 6 nitrogen and oxygen atoms in total. The van der Waals surface area contributed by atoms with Crippen molar-refractivity contribution in [1.82, 2.24) is 0 Å². The number of aliphatic imine (C=N–C) groups is 2. The van der Waals surface area contributed by atoms with Crippen molar-refractivity contribution in [3.8, 4) is 0 Å². The van der Waals surface area contributed by atoms with Gasteiger partial charge >= 0.3 is 12.3 Å². The van der Waals surface area contributed by atoms with Crippen molar-refractivity contribution in [2.75, 3.05) is 13.2 Å². The van der Waals surface area contributed by atoms with E-state index in [1.165, 1.54) is 37.3 Å². The van der Waals surface area contributed by atoms with E-state index in [2.05, 4.69) is 41.8 Å². The van der Waals surface area contributed by atoms with Gasteiger partial charge in [0.05, 0.1) is 0 Å².